The van der Waals surface area contributed by atoms with E-state index in [0.717, 1.165) is 38.4 Å². The molecule has 1 fully saturated rings. The quantitative estimate of drug-likeness (QED) is 0.581. The number of benzene rings is 2. The summed E-state index contributed by atoms with van der Waals surface area (Å²) in [5.41, 5.74) is 2.51. The molecule has 0 atom stereocenters. The van der Waals surface area contributed by atoms with Crippen molar-refractivity contribution in [1.82, 2.24) is 9.47 Å². The maximum absolute atomic E-state index is 12.6. The lowest BCUT2D eigenvalue weighted by atomic mass is 9.99. The first kappa shape index (κ1) is 18.2. The molecule has 27 heavy (non-hydrogen) atoms. The van der Waals surface area contributed by atoms with Crippen LogP contribution in [-0.4, -0.2) is 34.2 Å². The maximum Gasteiger partial charge on any atom is 0.232 e. The summed E-state index contributed by atoms with van der Waals surface area (Å²) in [4.78, 5) is 15.8. The van der Waals surface area contributed by atoms with Gasteiger partial charge in [-0.05, 0) is 30.4 Å². The lowest BCUT2D eigenvalue weighted by Gasteiger charge is -2.30. The molecule has 0 N–H and O–H groups in total. The minimum atomic E-state index is 0.270. The molecule has 3 nitrogen and oxygen atoms in total. The molecule has 1 aliphatic rings. The van der Waals surface area contributed by atoms with E-state index in [-0.39, 0.29) is 5.91 Å². The van der Waals surface area contributed by atoms with Crippen LogP contribution >= 0.6 is 11.8 Å². The fourth-order valence-electron chi connectivity index (χ4n) is 3.73. The van der Waals surface area contributed by atoms with E-state index in [2.05, 4.69) is 66.2 Å². The van der Waals surface area contributed by atoms with Gasteiger partial charge in [0.15, 0.2) is 0 Å². The zero-order chi connectivity index (χ0) is 18.6. The predicted octanol–water partition coefficient (Wildman–Crippen LogP) is 5.04. The number of carbonyl (C=O) groups is 1. The first-order valence-electron chi connectivity index (χ1n) is 9.73. The molecular weight excluding hydrogens is 352 g/mol. The van der Waals surface area contributed by atoms with Crippen molar-refractivity contribution in [2.24, 2.45) is 5.92 Å². The predicted molar refractivity (Wildman–Crippen MR) is 113 cm³/mol. The van der Waals surface area contributed by atoms with Crippen molar-refractivity contribution in [2.75, 3.05) is 18.8 Å². The molecule has 0 bridgehead atoms. The number of piperidine rings is 1. The second kappa shape index (κ2) is 8.22. The number of aromatic nitrogens is 1. The van der Waals surface area contributed by atoms with E-state index in [1.165, 1.54) is 21.4 Å². The van der Waals surface area contributed by atoms with Crippen LogP contribution in [0.3, 0.4) is 0 Å². The highest BCUT2D eigenvalue weighted by molar-refractivity contribution is 8.00. The molecule has 0 spiro atoms. The summed E-state index contributed by atoms with van der Waals surface area (Å²) in [5, 5.41) is 1.23. The van der Waals surface area contributed by atoms with Crippen molar-refractivity contribution in [2.45, 2.75) is 31.2 Å². The molecule has 1 aromatic heterocycles. The van der Waals surface area contributed by atoms with Gasteiger partial charge in [-0.2, -0.15) is 0 Å². The van der Waals surface area contributed by atoms with Gasteiger partial charge in [0.25, 0.3) is 0 Å². The van der Waals surface area contributed by atoms with Crippen LogP contribution in [0.1, 0.15) is 25.3 Å². The average Bonchev–Trinajstić information content (AvgIpc) is 3.05. The van der Waals surface area contributed by atoms with Crippen molar-refractivity contribution in [3.63, 3.8) is 0 Å². The molecule has 0 saturated carbocycles. The number of amides is 1. The zero-order valence-electron chi connectivity index (χ0n) is 15.8. The normalized spacial score (nSPS) is 15.4. The average molecular weight is 379 g/mol. The Morgan fingerprint density at radius 1 is 1.04 bits per heavy atom. The Balaban J connectivity index is 1.49. The molecule has 1 amide bonds. The molecule has 0 unspecified atom stereocenters. The minimum absolute atomic E-state index is 0.270. The van der Waals surface area contributed by atoms with Gasteiger partial charge in [0.2, 0.25) is 5.91 Å². The Hall–Kier alpha value is -2.20. The van der Waals surface area contributed by atoms with Crippen molar-refractivity contribution in [3.05, 3.63) is 66.4 Å². The summed E-state index contributed by atoms with van der Waals surface area (Å²) in [7, 11) is 0. The van der Waals surface area contributed by atoms with Gasteiger partial charge in [0.05, 0.1) is 5.75 Å². The lowest BCUT2D eigenvalue weighted by molar-refractivity contribution is -0.129. The summed E-state index contributed by atoms with van der Waals surface area (Å²) >= 11 is 1.67. The molecule has 4 heteroatoms. The summed E-state index contributed by atoms with van der Waals surface area (Å²) in [6, 6.07) is 19.0. The Kier molecular flexibility index (Phi) is 5.53. The van der Waals surface area contributed by atoms with Crippen LogP contribution in [-0.2, 0) is 11.3 Å². The van der Waals surface area contributed by atoms with Crippen LogP contribution in [0, 0.1) is 5.92 Å². The highest BCUT2D eigenvalue weighted by Crippen LogP contribution is 2.31. The smallest absolute Gasteiger partial charge is 0.232 e. The monoisotopic (exact) mass is 378 g/mol. The zero-order valence-corrected chi connectivity index (χ0v) is 16.6. The fraction of sp³-hybridized carbons (Fsp3) is 0.348. The molecule has 4 rings (SSSR count). The summed E-state index contributed by atoms with van der Waals surface area (Å²) in [6.07, 6.45) is 4.47. The maximum atomic E-state index is 12.6. The first-order chi connectivity index (χ1) is 13.2. The highest BCUT2D eigenvalue weighted by atomic mass is 32.2. The molecule has 0 radical (unpaired) electrons. The van der Waals surface area contributed by atoms with Gasteiger partial charge in [-0.15, -0.1) is 11.8 Å². The number of thioether (sulfide) groups is 1. The van der Waals surface area contributed by atoms with Crippen molar-refractivity contribution in [1.29, 1.82) is 0 Å². The van der Waals surface area contributed by atoms with E-state index >= 15 is 0 Å². The Morgan fingerprint density at radius 3 is 2.52 bits per heavy atom. The van der Waals surface area contributed by atoms with Gasteiger partial charge < -0.3 is 9.47 Å². The van der Waals surface area contributed by atoms with Crippen molar-refractivity contribution < 1.29 is 4.79 Å². The molecular formula is C23H26N2OS. The number of hydrogen-bond donors (Lipinski definition) is 0. The SMILES string of the molecule is CC1CCN(C(=O)CSc2cn(Cc3ccccc3)c3ccccc23)CC1. The van der Waals surface area contributed by atoms with E-state index in [0.29, 0.717) is 5.75 Å². The largest absolute Gasteiger partial charge is 0.342 e. The van der Waals surface area contributed by atoms with Gasteiger partial charge in [-0.1, -0.05) is 55.5 Å². The molecule has 0 aliphatic carbocycles. The van der Waals surface area contributed by atoms with Crippen LogP contribution in [0.15, 0.2) is 65.7 Å². The summed E-state index contributed by atoms with van der Waals surface area (Å²) < 4.78 is 2.29. The van der Waals surface area contributed by atoms with Gasteiger partial charge in [0.1, 0.15) is 0 Å². The van der Waals surface area contributed by atoms with E-state index in [4.69, 9.17) is 0 Å². The molecule has 2 aromatic carbocycles. The Morgan fingerprint density at radius 2 is 1.74 bits per heavy atom. The number of hydrogen-bond acceptors (Lipinski definition) is 2. The van der Waals surface area contributed by atoms with E-state index < -0.39 is 0 Å². The van der Waals surface area contributed by atoms with Crippen molar-refractivity contribution >= 4 is 28.6 Å². The number of carbonyl (C=O) groups excluding carboxylic acids is 1. The molecule has 2 heterocycles. The third-order valence-corrected chi connectivity index (χ3v) is 6.46. The van der Waals surface area contributed by atoms with Crippen LogP contribution in [0.4, 0.5) is 0 Å². The Labute approximate surface area is 165 Å². The molecule has 140 valence electrons. The standard InChI is InChI=1S/C23H26N2OS/c1-18-11-13-24(14-12-18)23(26)17-27-22-16-25(15-19-7-3-2-4-8-19)21-10-6-5-9-20(21)22/h2-10,16,18H,11-15,17H2,1H3. The Bertz CT molecular complexity index is 911. The number of rotatable bonds is 5. The minimum Gasteiger partial charge on any atom is -0.342 e. The first-order valence-corrected chi connectivity index (χ1v) is 10.7. The summed E-state index contributed by atoms with van der Waals surface area (Å²) in [6.45, 7) is 4.95. The number of nitrogens with zero attached hydrogens (tertiary/aromatic N) is 2. The summed E-state index contributed by atoms with van der Waals surface area (Å²) in [5.74, 6) is 1.54. The number of fused-ring (bicyclic) bond motifs is 1. The second-order valence-electron chi connectivity index (χ2n) is 7.48. The van der Waals surface area contributed by atoms with Gasteiger partial charge >= 0.3 is 0 Å². The molecule has 1 saturated heterocycles. The van der Waals surface area contributed by atoms with Crippen LogP contribution < -0.4 is 0 Å². The van der Waals surface area contributed by atoms with Crippen molar-refractivity contribution in [3.8, 4) is 0 Å². The third-order valence-electron chi connectivity index (χ3n) is 5.44. The highest BCUT2D eigenvalue weighted by Gasteiger charge is 2.20. The topological polar surface area (TPSA) is 25.2 Å². The van der Waals surface area contributed by atoms with Crippen LogP contribution in [0.5, 0.6) is 0 Å². The van der Waals surface area contributed by atoms with E-state index in [9.17, 15) is 4.79 Å². The van der Waals surface area contributed by atoms with E-state index in [1.54, 1.807) is 11.8 Å². The van der Waals surface area contributed by atoms with Crippen LogP contribution in [0.25, 0.3) is 10.9 Å². The lowest BCUT2D eigenvalue weighted by Crippen LogP contribution is -2.38. The second-order valence-corrected chi connectivity index (χ2v) is 8.49. The fourth-order valence-corrected chi connectivity index (χ4v) is 4.72. The van der Waals surface area contributed by atoms with Gasteiger partial charge in [-0.3, -0.25) is 4.79 Å². The number of likely N-dealkylation sites (tertiary alicyclic amines) is 1. The van der Waals surface area contributed by atoms with Gasteiger partial charge in [0, 0.05) is 41.6 Å². The van der Waals surface area contributed by atoms with E-state index in [1.807, 2.05) is 11.0 Å². The molecule has 3 aromatic rings. The third kappa shape index (κ3) is 4.22. The number of para-hydroxylation sites is 1. The van der Waals surface area contributed by atoms with Crippen LogP contribution in [0.2, 0.25) is 0 Å². The van der Waals surface area contributed by atoms with Gasteiger partial charge in [-0.25, -0.2) is 0 Å². The molecule has 1 aliphatic heterocycles.